The van der Waals surface area contributed by atoms with Crippen molar-refractivity contribution < 1.29 is 4.74 Å². The third-order valence-electron chi connectivity index (χ3n) is 1.90. The second-order valence-corrected chi connectivity index (χ2v) is 3.21. The van der Waals surface area contributed by atoms with Crippen LogP contribution in [0.4, 0.5) is 0 Å². The quantitative estimate of drug-likeness (QED) is 0.675. The van der Waals surface area contributed by atoms with Crippen LogP contribution in [0.5, 0.6) is 5.75 Å². The summed E-state index contributed by atoms with van der Waals surface area (Å²) in [6, 6.07) is 5.99. The molecule has 0 aliphatic carbocycles. The van der Waals surface area contributed by atoms with Crippen molar-refractivity contribution in [3.63, 3.8) is 0 Å². The zero-order chi connectivity index (χ0) is 9.84. The predicted molar refractivity (Wildman–Crippen MR) is 57.5 cm³/mol. The summed E-state index contributed by atoms with van der Waals surface area (Å²) in [5.74, 6) is 1.27. The Morgan fingerprint density at radius 1 is 1.54 bits per heavy atom. The van der Waals surface area contributed by atoms with E-state index in [-0.39, 0.29) is 0 Å². The first kappa shape index (κ1) is 10.1. The molecule has 0 saturated heterocycles. The van der Waals surface area contributed by atoms with Crippen molar-refractivity contribution in [2.24, 2.45) is 0 Å². The van der Waals surface area contributed by atoms with Gasteiger partial charge in [0.15, 0.2) is 0 Å². The lowest BCUT2D eigenvalue weighted by Gasteiger charge is -2.09. The average Bonchev–Trinajstić information content (AvgIpc) is 2.16. The molecule has 1 nitrogen and oxygen atoms in total. The Bertz CT molecular complexity index is 318. The fourth-order valence-electron chi connectivity index (χ4n) is 1.16. The number of halogens is 1. The number of hydrogen-bond donors (Lipinski definition) is 0. The molecule has 0 atom stereocenters. The summed E-state index contributed by atoms with van der Waals surface area (Å²) in [5.41, 5.74) is 3.05. The summed E-state index contributed by atoms with van der Waals surface area (Å²) < 4.78 is 5.23. The largest absolute Gasteiger partial charge is 0.496 e. The first-order valence-electron chi connectivity index (χ1n) is 4.07. The Morgan fingerprint density at radius 2 is 2.23 bits per heavy atom. The normalized spacial score (nSPS) is 9.77. The first-order chi connectivity index (χ1) is 6.19. The molecule has 0 heterocycles. The second kappa shape index (κ2) is 4.33. The standard InChI is InChI=1S/C11H13ClO/c1-8-4-5-10(9(2)7-12)11(6-8)13-3/h4-6H,2,7H2,1,3H3. The summed E-state index contributed by atoms with van der Waals surface area (Å²) >= 11 is 5.70. The number of allylic oxidation sites excluding steroid dienone is 1. The van der Waals surface area contributed by atoms with E-state index in [0.717, 1.165) is 16.9 Å². The molecule has 0 radical (unpaired) electrons. The molecule has 0 unspecified atom stereocenters. The van der Waals surface area contributed by atoms with Gasteiger partial charge in [-0.25, -0.2) is 0 Å². The van der Waals surface area contributed by atoms with E-state index < -0.39 is 0 Å². The Hall–Kier alpha value is -0.950. The molecule has 2 heteroatoms. The van der Waals surface area contributed by atoms with Crippen LogP contribution in [0.15, 0.2) is 24.8 Å². The van der Waals surface area contributed by atoms with Gasteiger partial charge in [-0.2, -0.15) is 0 Å². The van der Waals surface area contributed by atoms with Gasteiger partial charge in [-0.05, 0) is 24.1 Å². The first-order valence-corrected chi connectivity index (χ1v) is 4.61. The van der Waals surface area contributed by atoms with Crippen LogP contribution in [-0.4, -0.2) is 13.0 Å². The van der Waals surface area contributed by atoms with Crippen LogP contribution in [-0.2, 0) is 0 Å². The number of ether oxygens (including phenoxy) is 1. The minimum atomic E-state index is 0.430. The Balaban J connectivity index is 3.13. The summed E-state index contributed by atoms with van der Waals surface area (Å²) in [6.45, 7) is 5.89. The van der Waals surface area contributed by atoms with E-state index in [2.05, 4.69) is 6.58 Å². The van der Waals surface area contributed by atoms with Crippen molar-refractivity contribution in [3.8, 4) is 5.75 Å². The topological polar surface area (TPSA) is 9.23 Å². The lowest BCUT2D eigenvalue weighted by Crippen LogP contribution is -1.92. The maximum absolute atomic E-state index is 5.70. The summed E-state index contributed by atoms with van der Waals surface area (Å²) in [5, 5.41) is 0. The Kier molecular flexibility index (Phi) is 3.38. The van der Waals surface area contributed by atoms with E-state index in [4.69, 9.17) is 16.3 Å². The van der Waals surface area contributed by atoms with E-state index in [0.29, 0.717) is 5.88 Å². The number of alkyl halides is 1. The molecule has 0 aliphatic heterocycles. The highest BCUT2D eigenvalue weighted by Gasteiger charge is 2.05. The maximum Gasteiger partial charge on any atom is 0.126 e. The van der Waals surface area contributed by atoms with Crippen LogP contribution in [0.25, 0.3) is 5.57 Å². The summed E-state index contributed by atoms with van der Waals surface area (Å²) in [6.07, 6.45) is 0. The third-order valence-corrected chi connectivity index (χ3v) is 2.22. The van der Waals surface area contributed by atoms with Crippen molar-refractivity contribution in [1.29, 1.82) is 0 Å². The molecule has 13 heavy (non-hydrogen) atoms. The van der Waals surface area contributed by atoms with Gasteiger partial charge in [0, 0.05) is 11.4 Å². The minimum Gasteiger partial charge on any atom is -0.496 e. The van der Waals surface area contributed by atoms with Gasteiger partial charge in [0.25, 0.3) is 0 Å². The van der Waals surface area contributed by atoms with Crippen molar-refractivity contribution in [2.45, 2.75) is 6.92 Å². The molecule has 0 amide bonds. The van der Waals surface area contributed by atoms with Gasteiger partial charge in [-0.1, -0.05) is 18.7 Å². The average molecular weight is 197 g/mol. The van der Waals surface area contributed by atoms with Crippen LogP contribution in [0, 0.1) is 6.92 Å². The lowest BCUT2D eigenvalue weighted by molar-refractivity contribution is 0.413. The Morgan fingerprint density at radius 3 is 2.77 bits per heavy atom. The minimum absolute atomic E-state index is 0.430. The lowest BCUT2D eigenvalue weighted by atomic mass is 10.1. The van der Waals surface area contributed by atoms with Crippen molar-refractivity contribution in [1.82, 2.24) is 0 Å². The fourth-order valence-corrected chi connectivity index (χ4v) is 1.31. The van der Waals surface area contributed by atoms with Crippen molar-refractivity contribution in [3.05, 3.63) is 35.9 Å². The predicted octanol–water partition coefficient (Wildman–Crippen LogP) is 3.26. The molecule has 0 saturated carbocycles. The molecule has 0 bridgehead atoms. The molecular weight excluding hydrogens is 184 g/mol. The molecular formula is C11H13ClO. The van der Waals surface area contributed by atoms with Gasteiger partial charge in [0.05, 0.1) is 7.11 Å². The number of hydrogen-bond acceptors (Lipinski definition) is 1. The fraction of sp³-hybridized carbons (Fsp3) is 0.273. The highest BCUT2D eigenvalue weighted by atomic mass is 35.5. The highest BCUT2D eigenvalue weighted by molar-refractivity contribution is 6.23. The van der Waals surface area contributed by atoms with Gasteiger partial charge in [-0.3, -0.25) is 0 Å². The van der Waals surface area contributed by atoms with Crippen LogP contribution < -0.4 is 4.74 Å². The monoisotopic (exact) mass is 196 g/mol. The van der Waals surface area contributed by atoms with Gasteiger partial charge in [0.2, 0.25) is 0 Å². The Labute approximate surface area is 84.0 Å². The molecule has 0 aromatic heterocycles. The second-order valence-electron chi connectivity index (χ2n) is 2.94. The van der Waals surface area contributed by atoms with Gasteiger partial charge in [0.1, 0.15) is 5.75 Å². The van der Waals surface area contributed by atoms with Gasteiger partial charge in [-0.15, -0.1) is 11.6 Å². The smallest absolute Gasteiger partial charge is 0.126 e. The number of rotatable bonds is 3. The summed E-state index contributed by atoms with van der Waals surface area (Å²) in [7, 11) is 1.65. The SMILES string of the molecule is C=C(CCl)c1ccc(C)cc1OC. The van der Waals surface area contributed by atoms with Crippen LogP contribution in [0.1, 0.15) is 11.1 Å². The van der Waals surface area contributed by atoms with E-state index >= 15 is 0 Å². The van der Waals surface area contributed by atoms with E-state index in [1.54, 1.807) is 7.11 Å². The van der Waals surface area contributed by atoms with Crippen molar-refractivity contribution in [2.75, 3.05) is 13.0 Å². The number of methoxy groups -OCH3 is 1. The number of benzene rings is 1. The third kappa shape index (κ3) is 2.25. The van der Waals surface area contributed by atoms with Crippen LogP contribution in [0.3, 0.4) is 0 Å². The molecule has 0 N–H and O–H groups in total. The van der Waals surface area contributed by atoms with Gasteiger partial charge < -0.3 is 4.74 Å². The van der Waals surface area contributed by atoms with Gasteiger partial charge >= 0.3 is 0 Å². The van der Waals surface area contributed by atoms with Crippen LogP contribution in [0.2, 0.25) is 0 Å². The summed E-state index contributed by atoms with van der Waals surface area (Å²) in [4.78, 5) is 0. The zero-order valence-corrected chi connectivity index (χ0v) is 8.69. The van der Waals surface area contributed by atoms with Crippen molar-refractivity contribution >= 4 is 17.2 Å². The van der Waals surface area contributed by atoms with E-state index in [1.807, 2.05) is 25.1 Å². The molecule has 0 spiro atoms. The molecule has 0 fully saturated rings. The maximum atomic E-state index is 5.70. The molecule has 1 aromatic rings. The highest BCUT2D eigenvalue weighted by Crippen LogP contribution is 2.26. The molecule has 70 valence electrons. The molecule has 0 aliphatic rings. The van der Waals surface area contributed by atoms with E-state index in [9.17, 15) is 0 Å². The van der Waals surface area contributed by atoms with Crippen LogP contribution >= 0.6 is 11.6 Å². The molecule has 1 rings (SSSR count). The number of aryl methyl sites for hydroxylation is 1. The van der Waals surface area contributed by atoms with E-state index in [1.165, 1.54) is 5.56 Å². The molecule has 1 aromatic carbocycles. The zero-order valence-electron chi connectivity index (χ0n) is 7.93.